The highest BCUT2D eigenvalue weighted by Gasteiger charge is 2.24. The number of H-pyrrole nitrogens is 1. The van der Waals surface area contributed by atoms with Gasteiger partial charge >= 0.3 is 0 Å². The van der Waals surface area contributed by atoms with Crippen molar-refractivity contribution in [2.24, 2.45) is 11.8 Å². The van der Waals surface area contributed by atoms with E-state index in [1.54, 1.807) is 0 Å². The number of aromatic nitrogens is 1. The van der Waals surface area contributed by atoms with Crippen LogP contribution in [0.25, 0.3) is 10.9 Å². The number of Topliss-reactive ketones (excluding diaryl/α,β-unsaturated/α-hetero) is 1. The number of carbonyl (C=O) groups is 1. The van der Waals surface area contributed by atoms with Crippen LogP contribution in [0.1, 0.15) is 36.3 Å². The second-order valence-electron chi connectivity index (χ2n) is 7.00. The number of thiocarbonyl (C=S) groups is 1. The lowest BCUT2D eigenvalue weighted by Gasteiger charge is -2.36. The third-order valence-corrected chi connectivity index (χ3v) is 6.15. The third kappa shape index (κ3) is 3.67. The second kappa shape index (κ2) is 7.28. The third-order valence-electron chi connectivity index (χ3n) is 4.63. The van der Waals surface area contributed by atoms with Crippen LogP contribution in [0, 0.1) is 18.8 Å². The molecule has 0 aliphatic carbocycles. The average molecular weight is 361 g/mol. The van der Waals surface area contributed by atoms with Gasteiger partial charge in [0.2, 0.25) is 0 Å². The molecule has 0 unspecified atom stereocenters. The molecule has 24 heavy (non-hydrogen) atoms. The summed E-state index contributed by atoms with van der Waals surface area (Å²) in [5.41, 5.74) is 2.76. The highest BCUT2D eigenvalue weighted by Crippen LogP contribution is 2.26. The van der Waals surface area contributed by atoms with Crippen LogP contribution >= 0.6 is 24.0 Å². The van der Waals surface area contributed by atoms with Gasteiger partial charge in [0, 0.05) is 35.2 Å². The molecule has 0 bridgehead atoms. The van der Waals surface area contributed by atoms with Gasteiger partial charge in [-0.1, -0.05) is 56.0 Å². The Kier molecular flexibility index (Phi) is 5.30. The van der Waals surface area contributed by atoms with Crippen molar-refractivity contribution in [3.05, 3.63) is 35.5 Å². The molecule has 1 aromatic heterocycles. The van der Waals surface area contributed by atoms with Crippen molar-refractivity contribution in [1.29, 1.82) is 0 Å². The molecule has 2 atom stereocenters. The Hall–Kier alpha value is -1.33. The first-order chi connectivity index (χ1) is 11.5. The average Bonchev–Trinajstić information content (AvgIpc) is 2.87. The Bertz CT molecular complexity index is 758. The van der Waals surface area contributed by atoms with E-state index < -0.39 is 0 Å². The number of carbonyl (C=O) groups excluding carboxylic acids is 1. The van der Waals surface area contributed by atoms with Crippen LogP contribution in [0.5, 0.6) is 0 Å². The van der Waals surface area contributed by atoms with Gasteiger partial charge in [0.1, 0.15) is 4.32 Å². The summed E-state index contributed by atoms with van der Waals surface area (Å²) in [6.45, 7) is 8.53. The van der Waals surface area contributed by atoms with Crippen molar-refractivity contribution in [2.45, 2.75) is 27.2 Å². The maximum absolute atomic E-state index is 12.7. The number of hydrogen-bond donors (Lipinski definition) is 1. The van der Waals surface area contributed by atoms with Crippen LogP contribution < -0.4 is 0 Å². The number of benzene rings is 1. The predicted molar refractivity (Wildman–Crippen MR) is 107 cm³/mol. The number of ketones is 1. The van der Waals surface area contributed by atoms with Crippen molar-refractivity contribution in [3.63, 3.8) is 0 Å². The molecule has 0 saturated carbocycles. The van der Waals surface area contributed by atoms with Gasteiger partial charge in [-0.05, 0) is 31.2 Å². The molecule has 0 spiro atoms. The van der Waals surface area contributed by atoms with Gasteiger partial charge in [-0.15, -0.1) is 0 Å². The molecule has 3 nitrogen and oxygen atoms in total. The van der Waals surface area contributed by atoms with E-state index in [4.69, 9.17) is 12.2 Å². The summed E-state index contributed by atoms with van der Waals surface area (Å²) < 4.78 is 0.860. The molecule has 0 radical (unpaired) electrons. The second-order valence-corrected chi connectivity index (χ2v) is 8.61. The first-order valence-corrected chi connectivity index (χ1v) is 9.87. The van der Waals surface area contributed by atoms with E-state index in [9.17, 15) is 4.79 Å². The van der Waals surface area contributed by atoms with Crippen molar-refractivity contribution in [3.8, 4) is 0 Å². The lowest BCUT2D eigenvalue weighted by Crippen LogP contribution is -2.40. The molecule has 0 amide bonds. The van der Waals surface area contributed by atoms with Crippen LogP contribution in [0.2, 0.25) is 0 Å². The van der Waals surface area contributed by atoms with E-state index >= 15 is 0 Å². The highest BCUT2D eigenvalue weighted by molar-refractivity contribution is 8.23. The standard InChI is InChI=1S/C19H24N2OS2/c1-12-8-13(2)10-21(9-12)19(23)24-11-17(22)18-14(3)20-16-7-5-4-6-15(16)18/h4-7,12-13,20H,8-11H2,1-3H3/t12-,13-/m1/s1. The van der Waals surface area contributed by atoms with E-state index in [1.807, 2.05) is 31.2 Å². The number of thioether (sulfide) groups is 1. The van der Waals surface area contributed by atoms with Gasteiger partial charge in [-0.2, -0.15) is 0 Å². The maximum atomic E-state index is 12.7. The number of nitrogens with zero attached hydrogens (tertiary/aromatic N) is 1. The quantitative estimate of drug-likeness (QED) is 0.638. The van der Waals surface area contributed by atoms with Gasteiger partial charge in [-0.3, -0.25) is 4.79 Å². The summed E-state index contributed by atoms with van der Waals surface area (Å²) in [4.78, 5) is 18.3. The lowest BCUT2D eigenvalue weighted by molar-refractivity contribution is 0.102. The normalized spacial score (nSPS) is 21.2. The van der Waals surface area contributed by atoms with Crippen molar-refractivity contribution in [1.82, 2.24) is 9.88 Å². The number of piperidine rings is 1. The Labute approximate surface area is 153 Å². The fourth-order valence-electron chi connectivity index (χ4n) is 3.74. The van der Waals surface area contributed by atoms with E-state index in [0.717, 1.165) is 39.6 Å². The van der Waals surface area contributed by atoms with Gasteiger partial charge < -0.3 is 9.88 Å². The number of aromatic amines is 1. The Morgan fingerprint density at radius 2 is 1.96 bits per heavy atom. The van der Waals surface area contributed by atoms with Gasteiger partial charge in [-0.25, -0.2) is 0 Å². The van der Waals surface area contributed by atoms with Crippen molar-refractivity contribution < 1.29 is 4.79 Å². The highest BCUT2D eigenvalue weighted by atomic mass is 32.2. The zero-order valence-corrected chi connectivity index (χ0v) is 16.1. The zero-order chi connectivity index (χ0) is 17.3. The molecule has 1 N–H and O–H groups in total. The molecule has 5 heteroatoms. The molecule has 1 aliphatic heterocycles. The summed E-state index contributed by atoms with van der Waals surface area (Å²) in [5.74, 6) is 1.88. The predicted octanol–water partition coefficient (Wildman–Crippen LogP) is 4.66. The smallest absolute Gasteiger partial charge is 0.175 e. The number of nitrogens with one attached hydrogen (secondary N) is 1. The number of rotatable bonds is 3. The monoisotopic (exact) mass is 360 g/mol. The first-order valence-electron chi connectivity index (χ1n) is 8.48. The Morgan fingerprint density at radius 3 is 2.67 bits per heavy atom. The van der Waals surface area contributed by atoms with Crippen LogP contribution in [0.15, 0.2) is 24.3 Å². The van der Waals surface area contributed by atoms with E-state index in [2.05, 4.69) is 23.7 Å². The van der Waals surface area contributed by atoms with Crippen molar-refractivity contribution in [2.75, 3.05) is 18.8 Å². The molecule has 1 saturated heterocycles. The molecular formula is C19H24N2OS2. The number of hydrogen-bond acceptors (Lipinski definition) is 3. The van der Waals surface area contributed by atoms with Crippen LogP contribution in [0.4, 0.5) is 0 Å². The molecule has 1 aliphatic rings. The Morgan fingerprint density at radius 1 is 1.29 bits per heavy atom. The number of para-hydroxylation sites is 1. The Balaban J connectivity index is 1.67. The maximum Gasteiger partial charge on any atom is 0.175 e. The molecule has 128 valence electrons. The minimum Gasteiger partial charge on any atom is -0.358 e. The fourth-order valence-corrected chi connectivity index (χ4v) is 4.80. The molecule has 1 fully saturated rings. The van der Waals surface area contributed by atoms with Gasteiger partial charge in [0.25, 0.3) is 0 Å². The first kappa shape index (κ1) is 17.5. The summed E-state index contributed by atoms with van der Waals surface area (Å²) in [6.07, 6.45) is 1.26. The van der Waals surface area contributed by atoms with E-state index in [-0.39, 0.29) is 5.78 Å². The molecule has 1 aromatic carbocycles. The fraction of sp³-hybridized carbons (Fsp3) is 0.474. The van der Waals surface area contributed by atoms with Crippen LogP contribution in [-0.4, -0.2) is 38.8 Å². The molecular weight excluding hydrogens is 336 g/mol. The van der Waals surface area contributed by atoms with E-state index in [1.165, 1.54) is 18.2 Å². The number of fused-ring (bicyclic) bond motifs is 1. The zero-order valence-electron chi connectivity index (χ0n) is 14.5. The summed E-state index contributed by atoms with van der Waals surface area (Å²) in [6, 6.07) is 7.96. The van der Waals surface area contributed by atoms with Crippen molar-refractivity contribution >= 4 is 45.0 Å². The van der Waals surface area contributed by atoms with Crippen LogP contribution in [-0.2, 0) is 0 Å². The molecule has 2 aromatic rings. The van der Waals surface area contributed by atoms with E-state index in [0.29, 0.717) is 17.6 Å². The van der Waals surface area contributed by atoms with Gasteiger partial charge in [0.05, 0.1) is 5.75 Å². The van der Waals surface area contributed by atoms with Gasteiger partial charge in [0.15, 0.2) is 5.78 Å². The minimum atomic E-state index is 0.149. The molecule has 2 heterocycles. The summed E-state index contributed by atoms with van der Waals surface area (Å²) in [5, 5.41) is 1.01. The summed E-state index contributed by atoms with van der Waals surface area (Å²) in [7, 11) is 0. The number of aryl methyl sites for hydroxylation is 1. The lowest BCUT2D eigenvalue weighted by atomic mass is 9.92. The molecule has 3 rings (SSSR count). The minimum absolute atomic E-state index is 0.149. The van der Waals surface area contributed by atoms with Crippen LogP contribution in [0.3, 0.4) is 0 Å². The topological polar surface area (TPSA) is 36.1 Å². The largest absolute Gasteiger partial charge is 0.358 e. The summed E-state index contributed by atoms with van der Waals surface area (Å²) >= 11 is 7.09. The number of likely N-dealkylation sites (tertiary alicyclic amines) is 1. The SMILES string of the molecule is Cc1[nH]c2ccccc2c1C(=O)CSC(=S)N1C[C@H](C)C[C@@H](C)C1.